The Balaban J connectivity index is 1.97. The lowest BCUT2D eigenvalue weighted by molar-refractivity contribution is -0.117. The van der Waals surface area contributed by atoms with Crippen molar-refractivity contribution < 1.29 is 4.79 Å². The van der Waals surface area contributed by atoms with Gasteiger partial charge in [0, 0.05) is 11.7 Å². The Hall–Kier alpha value is -1.51. The highest BCUT2D eigenvalue weighted by Crippen LogP contribution is 2.24. The fourth-order valence-electron chi connectivity index (χ4n) is 1.38. The van der Waals surface area contributed by atoms with Crippen LogP contribution >= 0.6 is 0 Å². The van der Waals surface area contributed by atoms with E-state index in [-0.39, 0.29) is 5.91 Å². The van der Waals surface area contributed by atoms with Crippen LogP contribution in [0.5, 0.6) is 0 Å². The van der Waals surface area contributed by atoms with Crippen LogP contribution in [0.2, 0.25) is 0 Å². The van der Waals surface area contributed by atoms with E-state index in [1.165, 1.54) is 12.8 Å². The molecule has 0 spiro atoms. The SMILES string of the molecule is NC(=O)Cc1ccc(NC2CC2)cc1. The number of benzene rings is 1. The quantitative estimate of drug-likeness (QED) is 0.751. The highest BCUT2D eigenvalue weighted by atomic mass is 16.1. The van der Waals surface area contributed by atoms with Crippen molar-refractivity contribution >= 4 is 11.6 Å². The summed E-state index contributed by atoms with van der Waals surface area (Å²) in [4.78, 5) is 10.6. The summed E-state index contributed by atoms with van der Waals surface area (Å²) in [6.07, 6.45) is 2.86. The second-order valence-corrected chi connectivity index (χ2v) is 3.76. The molecule has 0 aromatic heterocycles. The van der Waals surface area contributed by atoms with E-state index in [0.29, 0.717) is 12.5 Å². The van der Waals surface area contributed by atoms with Crippen LogP contribution in [0, 0.1) is 0 Å². The molecular formula is C11H14N2O. The second kappa shape index (κ2) is 3.70. The molecule has 14 heavy (non-hydrogen) atoms. The topological polar surface area (TPSA) is 55.1 Å². The zero-order valence-electron chi connectivity index (χ0n) is 7.99. The van der Waals surface area contributed by atoms with Crippen molar-refractivity contribution in [3.05, 3.63) is 29.8 Å². The molecule has 1 aliphatic carbocycles. The molecule has 1 fully saturated rings. The number of hydrogen-bond acceptors (Lipinski definition) is 2. The summed E-state index contributed by atoms with van der Waals surface area (Å²) < 4.78 is 0. The maximum absolute atomic E-state index is 10.6. The van der Waals surface area contributed by atoms with Crippen LogP contribution in [0.25, 0.3) is 0 Å². The van der Waals surface area contributed by atoms with E-state index in [0.717, 1.165) is 11.3 Å². The lowest BCUT2D eigenvalue weighted by atomic mass is 10.1. The number of amides is 1. The molecular weight excluding hydrogens is 176 g/mol. The molecule has 0 aliphatic heterocycles. The first kappa shape index (κ1) is 9.06. The van der Waals surface area contributed by atoms with Crippen molar-refractivity contribution in [2.45, 2.75) is 25.3 Å². The third-order valence-electron chi connectivity index (χ3n) is 2.28. The van der Waals surface area contributed by atoms with E-state index >= 15 is 0 Å². The number of rotatable bonds is 4. The zero-order chi connectivity index (χ0) is 9.97. The van der Waals surface area contributed by atoms with Crippen LogP contribution in [0.4, 0.5) is 5.69 Å². The molecule has 0 bridgehead atoms. The summed E-state index contributed by atoms with van der Waals surface area (Å²) in [7, 11) is 0. The minimum atomic E-state index is -0.284. The molecule has 1 aromatic rings. The van der Waals surface area contributed by atoms with Gasteiger partial charge in [-0.1, -0.05) is 12.1 Å². The molecule has 3 N–H and O–H groups in total. The van der Waals surface area contributed by atoms with Gasteiger partial charge in [0.15, 0.2) is 0 Å². The summed E-state index contributed by atoms with van der Waals surface area (Å²) >= 11 is 0. The molecule has 1 aliphatic rings. The Morgan fingerprint density at radius 1 is 1.36 bits per heavy atom. The van der Waals surface area contributed by atoms with Gasteiger partial charge >= 0.3 is 0 Å². The fraction of sp³-hybridized carbons (Fsp3) is 0.364. The van der Waals surface area contributed by atoms with Crippen LogP contribution in [-0.4, -0.2) is 11.9 Å². The summed E-state index contributed by atoms with van der Waals surface area (Å²) in [5.41, 5.74) is 7.20. The summed E-state index contributed by atoms with van der Waals surface area (Å²) in [6.45, 7) is 0. The standard InChI is InChI=1S/C11H14N2O/c12-11(14)7-8-1-3-9(4-2-8)13-10-5-6-10/h1-4,10,13H,5-7H2,(H2,12,14). The summed E-state index contributed by atoms with van der Waals surface area (Å²) in [5.74, 6) is -0.284. The average molecular weight is 190 g/mol. The van der Waals surface area contributed by atoms with Gasteiger partial charge in [-0.3, -0.25) is 4.79 Å². The molecule has 1 saturated carbocycles. The fourth-order valence-corrected chi connectivity index (χ4v) is 1.38. The highest BCUT2D eigenvalue weighted by Gasteiger charge is 2.20. The van der Waals surface area contributed by atoms with E-state index in [4.69, 9.17) is 5.73 Å². The predicted molar refractivity (Wildman–Crippen MR) is 56.0 cm³/mol. The Morgan fingerprint density at radius 3 is 2.50 bits per heavy atom. The van der Waals surface area contributed by atoms with Crippen molar-refractivity contribution in [1.29, 1.82) is 0 Å². The second-order valence-electron chi connectivity index (χ2n) is 3.76. The van der Waals surface area contributed by atoms with Crippen LogP contribution in [0.15, 0.2) is 24.3 Å². The number of nitrogens with two attached hydrogens (primary N) is 1. The predicted octanol–water partition coefficient (Wildman–Crippen LogP) is 1.29. The van der Waals surface area contributed by atoms with Crippen molar-refractivity contribution in [2.75, 3.05) is 5.32 Å². The van der Waals surface area contributed by atoms with Gasteiger partial charge in [0.05, 0.1) is 6.42 Å². The number of primary amides is 1. The van der Waals surface area contributed by atoms with Gasteiger partial charge in [-0.25, -0.2) is 0 Å². The first-order valence-electron chi connectivity index (χ1n) is 4.88. The lowest BCUT2D eigenvalue weighted by Crippen LogP contribution is -2.13. The van der Waals surface area contributed by atoms with Crippen LogP contribution in [0.3, 0.4) is 0 Å². The number of anilines is 1. The third-order valence-corrected chi connectivity index (χ3v) is 2.28. The number of carbonyl (C=O) groups excluding carboxylic acids is 1. The lowest BCUT2D eigenvalue weighted by Gasteiger charge is -2.04. The smallest absolute Gasteiger partial charge is 0.221 e. The van der Waals surface area contributed by atoms with Gasteiger partial charge in [0.2, 0.25) is 5.91 Å². The van der Waals surface area contributed by atoms with Gasteiger partial charge in [0.1, 0.15) is 0 Å². The Kier molecular flexibility index (Phi) is 2.39. The highest BCUT2D eigenvalue weighted by molar-refractivity contribution is 5.76. The number of hydrogen-bond donors (Lipinski definition) is 2. The van der Waals surface area contributed by atoms with E-state index < -0.39 is 0 Å². The molecule has 3 nitrogen and oxygen atoms in total. The normalized spacial score (nSPS) is 15.1. The van der Waals surface area contributed by atoms with Crippen LogP contribution in [-0.2, 0) is 11.2 Å². The molecule has 0 unspecified atom stereocenters. The van der Waals surface area contributed by atoms with Crippen molar-refractivity contribution in [3.63, 3.8) is 0 Å². The Morgan fingerprint density at radius 2 is 2.00 bits per heavy atom. The van der Waals surface area contributed by atoms with E-state index in [1.807, 2.05) is 24.3 Å². The molecule has 2 rings (SSSR count). The largest absolute Gasteiger partial charge is 0.382 e. The van der Waals surface area contributed by atoms with Crippen molar-refractivity contribution in [3.8, 4) is 0 Å². The van der Waals surface area contributed by atoms with E-state index in [9.17, 15) is 4.79 Å². The molecule has 3 heteroatoms. The Bertz CT molecular complexity index is 328. The molecule has 0 saturated heterocycles. The van der Waals surface area contributed by atoms with Gasteiger partial charge in [-0.2, -0.15) is 0 Å². The van der Waals surface area contributed by atoms with Crippen LogP contribution in [0.1, 0.15) is 18.4 Å². The third kappa shape index (κ3) is 2.49. The van der Waals surface area contributed by atoms with Crippen molar-refractivity contribution in [2.24, 2.45) is 5.73 Å². The molecule has 0 heterocycles. The van der Waals surface area contributed by atoms with E-state index in [1.54, 1.807) is 0 Å². The molecule has 0 radical (unpaired) electrons. The summed E-state index contributed by atoms with van der Waals surface area (Å²) in [5, 5.41) is 3.38. The molecule has 1 aromatic carbocycles. The molecule has 0 atom stereocenters. The molecule has 74 valence electrons. The average Bonchev–Trinajstić information content (AvgIpc) is 2.91. The number of nitrogens with one attached hydrogen (secondary N) is 1. The van der Waals surface area contributed by atoms with Crippen molar-refractivity contribution in [1.82, 2.24) is 0 Å². The minimum Gasteiger partial charge on any atom is -0.382 e. The monoisotopic (exact) mass is 190 g/mol. The van der Waals surface area contributed by atoms with Gasteiger partial charge in [0.25, 0.3) is 0 Å². The first-order chi connectivity index (χ1) is 6.74. The van der Waals surface area contributed by atoms with Gasteiger partial charge in [-0.05, 0) is 30.5 Å². The maximum atomic E-state index is 10.6. The zero-order valence-corrected chi connectivity index (χ0v) is 7.99. The van der Waals surface area contributed by atoms with Gasteiger partial charge < -0.3 is 11.1 Å². The van der Waals surface area contributed by atoms with E-state index in [2.05, 4.69) is 5.32 Å². The minimum absolute atomic E-state index is 0.284. The van der Waals surface area contributed by atoms with Crippen LogP contribution < -0.4 is 11.1 Å². The summed E-state index contributed by atoms with van der Waals surface area (Å²) in [6, 6.07) is 8.54. The number of carbonyl (C=O) groups is 1. The first-order valence-corrected chi connectivity index (χ1v) is 4.88. The maximum Gasteiger partial charge on any atom is 0.221 e. The van der Waals surface area contributed by atoms with Gasteiger partial charge in [-0.15, -0.1) is 0 Å². The Labute approximate surface area is 83.3 Å². The molecule has 1 amide bonds.